The Morgan fingerprint density at radius 2 is 1.81 bits per heavy atom. The number of nitrogens with zero attached hydrogens (tertiary/aromatic N) is 1. The predicted octanol–water partition coefficient (Wildman–Crippen LogP) is 0.927. The van der Waals surface area contributed by atoms with E-state index < -0.39 is 0 Å². The average molecular weight is 359 g/mol. The number of likely N-dealkylation sites (tertiary alicyclic amines) is 1. The van der Waals surface area contributed by atoms with Gasteiger partial charge in [-0.1, -0.05) is 0 Å². The maximum atomic E-state index is 12.7. The summed E-state index contributed by atoms with van der Waals surface area (Å²) in [5, 5.41) is 3.00. The van der Waals surface area contributed by atoms with E-state index in [1.54, 1.807) is 0 Å². The van der Waals surface area contributed by atoms with Gasteiger partial charge in [-0.25, -0.2) is 0 Å². The SMILES string of the molecule is C[C@H](C(=O)Nc1ccc(N2CCCCC2)cc1)[NH+]1CCCC[C@@H]1C(N)=O. The summed E-state index contributed by atoms with van der Waals surface area (Å²) in [5.41, 5.74) is 7.55. The van der Waals surface area contributed by atoms with Crippen LogP contribution in [0.3, 0.4) is 0 Å². The van der Waals surface area contributed by atoms with Gasteiger partial charge in [-0.2, -0.15) is 0 Å². The number of carbonyl (C=O) groups excluding carboxylic acids is 2. The highest BCUT2D eigenvalue weighted by molar-refractivity contribution is 5.94. The van der Waals surface area contributed by atoms with Gasteiger partial charge >= 0.3 is 0 Å². The Morgan fingerprint density at radius 3 is 2.46 bits per heavy atom. The molecule has 0 bridgehead atoms. The van der Waals surface area contributed by atoms with Crippen molar-refractivity contribution in [2.75, 3.05) is 29.9 Å². The smallest absolute Gasteiger partial charge is 0.282 e. The van der Waals surface area contributed by atoms with Crippen LogP contribution in [0.4, 0.5) is 11.4 Å². The molecule has 2 heterocycles. The third-order valence-electron chi connectivity index (χ3n) is 5.80. The second-order valence-corrected chi connectivity index (χ2v) is 7.58. The summed E-state index contributed by atoms with van der Waals surface area (Å²) < 4.78 is 0. The van der Waals surface area contributed by atoms with Crippen LogP contribution in [0.2, 0.25) is 0 Å². The van der Waals surface area contributed by atoms with Gasteiger partial charge < -0.3 is 20.9 Å². The van der Waals surface area contributed by atoms with Crippen LogP contribution in [-0.4, -0.2) is 43.5 Å². The third-order valence-corrected chi connectivity index (χ3v) is 5.80. The van der Waals surface area contributed by atoms with Crippen molar-refractivity contribution in [2.45, 2.75) is 57.5 Å². The first-order valence-electron chi connectivity index (χ1n) is 9.87. The highest BCUT2D eigenvalue weighted by Crippen LogP contribution is 2.21. The van der Waals surface area contributed by atoms with E-state index in [9.17, 15) is 9.59 Å². The third kappa shape index (κ3) is 4.36. The van der Waals surface area contributed by atoms with Crippen molar-refractivity contribution in [1.29, 1.82) is 0 Å². The molecule has 142 valence electrons. The first-order chi connectivity index (χ1) is 12.6. The van der Waals surface area contributed by atoms with Gasteiger partial charge in [0.25, 0.3) is 11.8 Å². The number of nitrogens with one attached hydrogen (secondary N) is 2. The predicted molar refractivity (Wildman–Crippen MR) is 103 cm³/mol. The minimum Gasteiger partial charge on any atom is -0.372 e. The van der Waals surface area contributed by atoms with Gasteiger partial charge in [0.05, 0.1) is 6.54 Å². The van der Waals surface area contributed by atoms with Gasteiger partial charge in [0.1, 0.15) is 0 Å². The number of primary amides is 1. The zero-order chi connectivity index (χ0) is 18.5. The normalized spacial score (nSPS) is 24.7. The van der Waals surface area contributed by atoms with Crippen LogP contribution in [0.1, 0.15) is 45.4 Å². The summed E-state index contributed by atoms with van der Waals surface area (Å²) in [6.07, 6.45) is 6.61. The molecule has 2 aliphatic heterocycles. The number of benzene rings is 1. The quantitative estimate of drug-likeness (QED) is 0.732. The first kappa shape index (κ1) is 18.7. The molecule has 1 aromatic carbocycles. The molecule has 0 aliphatic carbocycles. The number of piperidine rings is 2. The van der Waals surface area contributed by atoms with E-state index in [4.69, 9.17) is 5.73 Å². The van der Waals surface area contributed by atoms with Crippen molar-refractivity contribution >= 4 is 23.2 Å². The fourth-order valence-corrected chi connectivity index (χ4v) is 4.21. The topological polar surface area (TPSA) is 79.9 Å². The Labute approximate surface area is 155 Å². The molecular formula is C20H31N4O2+. The van der Waals surface area contributed by atoms with Crippen LogP contribution >= 0.6 is 0 Å². The van der Waals surface area contributed by atoms with E-state index in [1.807, 2.05) is 19.1 Å². The molecule has 2 saturated heterocycles. The number of carbonyl (C=O) groups is 2. The van der Waals surface area contributed by atoms with Gasteiger partial charge in [-0.3, -0.25) is 9.59 Å². The van der Waals surface area contributed by atoms with E-state index >= 15 is 0 Å². The number of hydrogen-bond donors (Lipinski definition) is 3. The summed E-state index contributed by atoms with van der Waals surface area (Å²) in [6.45, 7) is 4.91. The Balaban J connectivity index is 1.60. The van der Waals surface area contributed by atoms with Crippen molar-refractivity contribution < 1.29 is 14.5 Å². The average Bonchev–Trinajstić information content (AvgIpc) is 2.68. The van der Waals surface area contributed by atoms with E-state index in [1.165, 1.54) is 24.9 Å². The van der Waals surface area contributed by atoms with Crippen molar-refractivity contribution in [3.63, 3.8) is 0 Å². The molecule has 0 aromatic heterocycles. The Hall–Kier alpha value is -2.08. The lowest BCUT2D eigenvalue weighted by atomic mass is 9.99. The lowest BCUT2D eigenvalue weighted by Crippen LogP contribution is -3.21. The van der Waals surface area contributed by atoms with Crippen LogP contribution in [0, 0.1) is 0 Å². The Morgan fingerprint density at radius 1 is 1.12 bits per heavy atom. The minimum atomic E-state index is -0.301. The number of quaternary nitrogens is 1. The molecule has 2 fully saturated rings. The van der Waals surface area contributed by atoms with Gasteiger partial charge in [0.2, 0.25) is 0 Å². The van der Waals surface area contributed by atoms with Crippen molar-refractivity contribution in [2.24, 2.45) is 5.73 Å². The molecule has 0 radical (unpaired) electrons. The zero-order valence-corrected chi connectivity index (χ0v) is 15.7. The van der Waals surface area contributed by atoms with E-state index in [-0.39, 0.29) is 23.9 Å². The monoisotopic (exact) mass is 359 g/mol. The fraction of sp³-hybridized carbons (Fsp3) is 0.600. The summed E-state index contributed by atoms with van der Waals surface area (Å²) >= 11 is 0. The minimum absolute atomic E-state index is 0.0566. The van der Waals surface area contributed by atoms with E-state index in [0.717, 1.165) is 49.5 Å². The standard InChI is InChI=1S/C20H30N4O2/c1-15(24-14-6-3-7-18(24)19(21)25)20(26)22-16-8-10-17(11-9-16)23-12-4-2-5-13-23/h8-11,15,18H,2-7,12-14H2,1H3,(H2,21,25)(H,22,26)/p+1/t15-,18-/m1/s1. The fourth-order valence-electron chi connectivity index (χ4n) is 4.21. The molecule has 3 atom stereocenters. The zero-order valence-electron chi connectivity index (χ0n) is 15.7. The lowest BCUT2D eigenvalue weighted by Gasteiger charge is -2.34. The number of nitrogens with two attached hydrogens (primary N) is 1. The molecule has 0 saturated carbocycles. The van der Waals surface area contributed by atoms with Crippen LogP contribution in [0.5, 0.6) is 0 Å². The van der Waals surface area contributed by atoms with Gasteiger partial charge in [0, 0.05) is 30.9 Å². The highest BCUT2D eigenvalue weighted by atomic mass is 16.2. The molecule has 0 spiro atoms. The molecular weight excluding hydrogens is 328 g/mol. The maximum Gasteiger partial charge on any atom is 0.282 e. The summed E-state index contributed by atoms with van der Waals surface area (Å²) in [7, 11) is 0. The van der Waals surface area contributed by atoms with Gasteiger partial charge in [-0.15, -0.1) is 0 Å². The summed E-state index contributed by atoms with van der Waals surface area (Å²) in [5.74, 6) is -0.357. The molecule has 2 aliphatic rings. The van der Waals surface area contributed by atoms with Crippen molar-refractivity contribution in [1.82, 2.24) is 0 Å². The largest absolute Gasteiger partial charge is 0.372 e. The van der Waals surface area contributed by atoms with Gasteiger partial charge in [0.15, 0.2) is 12.1 Å². The second kappa shape index (κ2) is 8.54. The van der Waals surface area contributed by atoms with E-state index in [2.05, 4.69) is 22.3 Å². The molecule has 1 unspecified atom stereocenters. The summed E-state index contributed by atoms with van der Waals surface area (Å²) in [6, 6.07) is 7.52. The second-order valence-electron chi connectivity index (χ2n) is 7.58. The van der Waals surface area contributed by atoms with Gasteiger partial charge in [-0.05, 0) is 63.3 Å². The number of amides is 2. The number of anilines is 2. The van der Waals surface area contributed by atoms with E-state index in [0.29, 0.717) is 0 Å². The molecule has 2 amide bonds. The van der Waals surface area contributed by atoms with Crippen LogP contribution in [0.15, 0.2) is 24.3 Å². The molecule has 6 heteroatoms. The molecule has 3 rings (SSSR count). The van der Waals surface area contributed by atoms with Crippen LogP contribution in [0.25, 0.3) is 0 Å². The molecule has 26 heavy (non-hydrogen) atoms. The summed E-state index contributed by atoms with van der Waals surface area (Å²) in [4.78, 5) is 27.8. The number of rotatable bonds is 5. The maximum absolute atomic E-state index is 12.7. The van der Waals surface area contributed by atoms with Crippen molar-refractivity contribution in [3.05, 3.63) is 24.3 Å². The van der Waals surface area contributed by atoms with Crippen molar-refractivity contribution in [3.8, 4) is 0 Å². The first-order valence-corrected chi connectivity index (χ1v) is 9.87. The van der Waals surface area contributed by atoms with Crippen LogP contribution in [-0.2, 0) is 9.59 Å². The molecule has 6 nitrogen and oxygen atoms in total. The Bertz CT molecular complexity index is 625. The van der Waals surface area contributed by atoms with Crippen LogP contribution < -0.4 is 20.9 Å². The number of hydrogen-bond acceptors (Lipinski definition) is 3. The highest BCUT2D eigenvalue weighted by Gasteiger charge is 2.37. The molecule has 4 N–H and O–H groups in total. The Kier molecular flexibility index (Phi) is 6.14. The lowest BCUT2D eigenvalue weighted by molar-refractivity contribution is -0.934. The molecule has 1 aromatic rings.